The Morgan fingerprint density at radius 1 is 0.939 bits per heavy atom. The standard InChI is InChI=1S/C26H26N2O5/c29-22(28-16-9-11-26(28,12-10-16)23(30)31)25(13-14-25)27-24(32)33-15-21-19-7-3-1-5-17(19)18-6-2-4-8-20(18)21/h1-8,16,21H,9-15H2,(H,27,32)(H,30,31). The van der Waals surface area contributed by atoms with E-state index in [4.69, 9.17) is 4.74 Å². The molecule has 2 aromatic rings. The van der Waals surface area contributed by atoms with Crippen LogP contribution in [-0.2, 0) is 14.3 Å². The molecule has 2 N–H and O–H groups in total. The zero-order valence-corrected chi connectivity index (χ0v) is 18.3. The molecule has 2 aliphatic heterocycles. The molecule has 0 aromatic heterocycles. The van der Waals surface area contributed by atoms with E-state index in [0.717, 1.165) is 22.3 Å². The highest BCUT2D eigenvalue weighted by atomic mass is 16.5. The highest BCUT2D eigenvalue weighted by Crippen LogP contribution is 2.50. The van der Waals surface area contributed by atoms with Gasteiger partial charge < -0.3 is 20.1 Å². The molecular weight excluding hydrogens is 420 g/mol. The molecule has 0 unspecified atom stereocenters. The van der Waals surface area contributed by atoms with Crippen LogP contribution in [0.4, 0.5) is 4.79 Å². The van der Waals surface area contributed by atoms with Crippen molar-refractivity contribution in [3.05, 3.63) is 59.7 Å². The summed E-state index contributed by atoms with van der Waals surface area (Å²) < 4.78 is 5.63. The lowest BCUT2D eigenvalue weighted by Crippen LogP contribution is -2.58. The molecule has 33 heavy (non-hydrogen) atoms. The van der Waals surface area contributed by atoms with Crippen molar-refractivity contribution in [1.82, 2.24) is 10.2 Å². The molecule has 2 aliphatic carbocycles. The molecule has 170 valence electrons. The van der Waals surface area contributed by atoms with E-state index in [1.54, 1.807) is 4.90 Å². The third kappa shape index (κ3) is 2.91. The van der Waals surface area contributed by atoms with Crippen LogP contribution in [0, 0.1) is 0 Å². The van der Waals surface area contributed by atoms with Crippen molar-refractivity contribution in [1.29, 1.82) is 0 Å². The Balaban J connectivity index is 1.16. The number of nitrogens with zero attached hydrogens (tertiary/aromatic N) is 1. The van der Waals surface area contributed by atoms with Crippen LogP contribution in [0.15, 0.2) is 48.5 Å². The number of ether oxygens (including phenoxy) is 1. The molecule has 2 saturated heterocycles. The minimum atomic E-state index is -1.11. The summed E-state index contributed by atoms with van der Waals surface area (Å²) >= 11 is 0. The lowest BCUT2D eigenvalue weighted by atomic mass is 9.88. The molecule has 7 heteroatoms. The van der Waals surface area contributed by atoms with Crippen LogP contribution < -0.4 is 5.32 Å². The van der Waals surface area contributed by atoms with E-state index in [2.05, 4.69) is 29.6 Å². The Hall–Kier alpha value is -3.35. The van der Waals surface area contributed by atoms with Crippen LogP contribution in [0.25, 0.3) is 11.1 Å². The molecule has 2 heterocycles. The number of carboxylic acid groups (broad SMARTS) is 1. The lowest BCUT2D eigenvalue weighted by molar-refractivity contribution is -0.156. The minimum Gasteiger partial charge on any atom is -0.479 e. The van der Waals surface area contributed by atoms with E-state index in [1.807, 2.05) is 24.3 Å². The van der Waals surface area contributed by atoms with Crippen LogP contribution in [0.2, 0.25) is 0 Å². The zero-order valence-electron chi connectivity index (χ0n) is 18.3. The van der Waals surface area contributed by atoms with Gasteiger partial charge in [0.2, 0.25) is 5.91 Å². The van der Waals surface area contributed by atoms with Crippen LogP contribution in [-0.4, -0.2) is 51.7 Å². The number of benzene rings is 2. The molecule has 0 spiro atoms. The molecule has 2 amide bonds. The van der Waals surface area contributed by atoms with Crippen molar-refractivity contribution in [2.24, 2.45) is 0 Å². The second-order valence-corrected chi connectivity index (χ2v) is 9.78. The van der Waals surface area contributed by atoms with Gasteiger partial charge in [-0.05, 0) is 60.8 Å². The Morgan fingerprint density at radius 2 is 1.52 bits per heavy atom. The molecule has 2 aromatic carbocycles. The normalized spacial score (nSPS) is 25.9. The Morgan fingerprint density at radius 3 is 2.06 bits per heavy atom. The number of fused-ring (bicyclic) bond motifs is 5. The zero-order chi connectivity index (χ0) is 22.8. The van der Waals surface area contributed by atoms with Gasteiger partial charge in [0, 0.05) is 12.0 Å². The smallest absolute Gasteiger partial charge is 0.408 e. The number of nitrogens with one attached hydrogen (secondary N) is 1. The fourth-order valence-electron chi connectivity index (χ4n) is 6.18. The molecule has 2 bridgehead atoms. The van der Waals surface area contributed by atoms with Crippen molar-refractivity contribution >= 4 is 18.0 Å². The predicted octanol–water partition coefficient (Wildman–Crippen LogP) is 3.67. The van der Waals surface area contributed by atoms with E-state index < -0.39 is 23.1 Å². The van der Waals surface area contributed by atoms with Crippen LogP contribution >= 0.6 is 0 Å². The number of carbonyl (C=O) groups excluding carboxylic acids is 2. The first-order chi connectivity index (χ1) is 16.0. The molecular formula is C26H26N2O5. The van der Waals surface area contributed by atoms with Crippen molar-refractivity contribution in [2.75, 3.05) is 6.61 Å². The van der Waals surface area contributed by atoms with Crippen LogP contribution in [0.5, 0.6) is 0 Å². The summed E-state index contributed by atoms with van der Waals surface area (Å²) in [5.41, 5.74) is 2.41. The predicted molar refractivity (Wildman–Crippen MR) is 120 cm³/mol. The minimum absolute atomic E-state index is 0.0459. The van der Waals surface area contributed by atoms with Gasteiger partial charge >= 0.3 is 12.1 Å². The summed E-state index contributed by atoms with van der Waals surface area (Å²) in [6, 6.07) is 16.2. The monoisotopic (exact) mass is 446 g/mol. The van der Waals surface area contributed by atoms with Crippen LogP contribution in [0.1, 0.15) is 55.6 Å². The maximum Gasteiger partial charge on any atom is 0.408 e. The van der Waals surface area contributed by atoms with Gasteiger partial charge in [-0.25, -0.2) is 9.59 Å². The number of alkyl carbamates (subject to hydrolysis) is 1. The maximum atomic E-state index is 13.4. The molecule has 1 saturated carbocycles. The first kappa shape index (κ1) is 20.3. The van der Waals surface area contributed by atoms with E-state index in [9.17, 15) is 19.5 Å². The summed E-state index contributed by atoms with van der Waals surface area (Å²) in [4.78, 5) is 39.8. The van der Waals surface area contributed by atoms with Crippen molar-refractivity contribution in [3.63, 3.8) is 0 Å². The molecule has 6 rings (SSSR count). The van der Waals surface area contributed by atoms with Gasteiger partial charge in [0.05, 0.1) is 0 Å². The number of carboxylic acids is 1. The van der Waals surface area contributed by atoms with Gasteiger partial charge in [0.15, 0.2) is 0 Å². The van der Waals surface area contributed by atoms with Crippen molar-refractivity contribution in [2.45, 2.75) is 61.6 Å². The van der Waals surface area contributed by atoms with Crippen molar-refractivity contribution < 1.29 is 24.2 Å². The Kier molecular flexibility index (Phi) is 4.34. The van der Waals surface area contributed by atoms with Gasteiger partial charge in [-0.1, -0.05) is 48.5 Å². The number of aliphatic carboxylic acids is 1. The van der Waals surface area contributed by atoms with Gasteiger partial charge in [-0.2, -0.15) is 0 Å². The Labute approximate surface area is 191 Å². The highest BCUT2D eigenvalue weighted by molar-refractivity contribution is 5.97. The SMILES string of the molecule is O=C(NC1(C(=O)N2C3CCC2(C(=O)O)CC3)CC1)OCC1c2ccccc2-c2ccccc21. The Bertz CT molecular complexity index is 1120. The summed E-state index contributed by atoms with van der Waals surface area (Å²) in [7, 11) is 0. The fourth-order valence-corrected chi connectivity index (χ4v) is 6.18. The third-order valence-electron chi connectivity index (χ3n) is 8.07. The topological polar surface area (TPSA) is 95.9 Å². The number of carbonyl (C=O) groups is 3. The average Bonchev–Trinajstić information content (AvgIpc) is 3.24. The summed E-state index contributed by atoms with van der Waals surface area (Å²) in [6.45, 7) is 0.176. The molecule has 7 nitrogen and oxygen atoms in total. The summed E-state index contributed by atoms with van der Waals surface area (Å²) in [5, 5.41) is 12.6. The molecule has 0 radical (unpaired) electrons. The lowest BCUT2D eigenvalue weighted by Gasteiger charge is -2.34. The summed E-state index contributed by atoms with van der Waals surface area (Å²) in [6.07, 6.45) is 2.78. The maximum absolute atomic E-state index is 13.4. The van der Waals surface area contributed by atoms with E-state index >= 15 is 0 Å². The molecule has 3 fully saturated rings. The number of rotatable bonds is 5. The van der Waals surface area contributed by atoms with E-state index in [-0.39, 0.29) is 24.5 Å². The van der Waals surface area contributed by atoms with E-state index in [0.29, 0.717) is 38.5 Å². The average molecular weight is 447 g/mol. The third-order valence-corrected chi connectivity index (χ3v) is 8.07. The summed E-state index contributed by atoms with van der Waals surface area (Å²) in [5.74, 6) is -1.26. The van der Waals surface area contributed by atoms with Crippen LogP contribution in [0.3, 0.4) is 0 Å². The number of amides is 2. The largest absolute Gasteiger partial charge is 0.479 e. The fraction of sp³-hybridized carbons (Fsp3) is 0.423. The van der Waals surface area contributed by atoms with E-state index in [1.165, 1.54) is 0 Å². The second kappa shape index (κ2) is 7.07. The quantitative estimate of drug-likeness (QED) is 0.731. The van der Waals surface area contributed by atoms with Crippen molar-refractivity contribution in [3.8, 4) is 11.1 Å². The van der Waals surface area contributed by atoms with Gasteiger partial charge in [0.25, 0.3) is 0 Å². The second-order valence-electron chi connectivity index (χ2n) is 9.78. The molecule has 0 atom stereocenters. The van der Waals surface area contributed by atoms with Gasteiger partial charge in [0.1, 0.15) is 17.7 Å². The first-order valence-electron chi connectivity index (χ1n) is 11.7. The number of hydrogen-bond donors (Lipinski definition) is 2. The number of hydrogen-bond acceptors (Lipinski definition) is 4. The van der Waals surface area contributed by atoms with Gasteiger partial charge in [-0.3, -0.25) is 4.79 Å². The molecule has 4 aliphatic rings. The first-order valence-corrected chi connectivity index (χ1v) is 11.7. The van der Waals surface area contributed by atoms with Gasteiger partial charge in [-0.15, -0.1) is 0 Å². The highest BCUT2D eigenvalue weighted by Gasteiger charge is 2.64.